The zero-order valence-corrected chi connectivity index (χ0v) is 8.47. The third-order valence-electron chi connectivity index (χ3n) is 1.42. The minimum absolute atomic E-state index is 0.770. The molecule has 0 unspecified atom stereocenters. The van der Waals surface area contributed by atoms with E-state index in [-0.39, 0.29) is 0 Å². The van der Waals surface area contributed by atoms with E-state index in [2.05, 4.69) is 31.3 Å². The molecule has 0 atom stereocenters. The lowest BCUT2D eigenvalue weighted by Gasteiger charge is -1.95. The summed E-state index contributed by atoms with van der Waals surface area (Å²) in [6, 6.07) is 2.03. The van der Waals surface area contributed by atoms with Crippen LogP contribution in [0.25, 0.3) is 11.3 Å². The Hall–Kier alpha value is -0.740. The molecule has 12 heavy (non-hydrogen) atoms. The summed E-state index contributed by atoms with van der Waals surface area (Å²) in [7, 11) is 0. The summed E-state index contributed by atoms with van der Waals surface area (Å²) in [6.07, 6.45) is 3.43. The van der Waals surface area contributed by atoms with Gasteiger partial charge in [0.05, 0.1) is 18.1 Å². The van der Waals surface area contributed by atoms with Crippen molar-refractivity contribution in [3.8, 4) is 11.3 Å². The van der Waals surface area contributed by atoms with Crippen LogP contribution < -0.4 is 0 Å². The van der Waals surface area contributed by atoms with Gasteiger partial charge >= 0.3 is 0 Å². The van der Waals surface area contributed by atoms with Crippen molar-refractivity contribution >= 4 is 27.3 Å². The van der Waals surface area contributed by atoms with Gasteiger partial charge in [0.25, 0.3) is 0 Å². The SMILES string of the molecule is Brc1cncc(-c2ccsc2)n1. The maximum Gasteiger partial charge on any atom is 0.125 e. The van der Waals surface area contributed by atoms with E-state index in [0.29, 0.717) is 0 Å². The quantitative estimate of drug-likeness (QED) is 0.767. The summed E-state index contributed by atoms with van der Waals surface area (Å²) in [5, 5.41) is 4.08. The minimum atomic E-state index is 0.770. The van der Waals surface area contributed by atoms with E-state index < -0.39 is 0 Å². The van der Waals surface area contributed by atoms with Crippen LogP contribution in [0.1, 0.15) is 0 Å². The molecule has 2 nitrogen and oxygen atoms in total. The fourth-order valence-corrected chi connectivity index (χ4v) is 1.85. The molecule has 0 amide bonds. The van der Waals surface area contributed by atoms with E-state index >= 15 is 0 Å². The predicted octanol–water partition coefficient (Wildman–Crippen LogP) is 2.97. The van der Waals surface area contributed by atoms with Crippen LogP contribution in [-0.4, -0.2) is 9.97 Å². The number of thiophene rings is 1. The van der Waals surface area contributed by atoms with E-state index in [1.165, 1.54) is 0 Å². The molecule has 4 heteroatoms. The molecule has 0 aliphatic heterocycles. The van der Waals surface area contributed by atoms with E-state index in [4.69, 9.17) is 0 Å². The van der Waals surface area contributed by atoms with E-state index in [1.807, 2.05) is 11.4 Å². The van der Waals surface area contributed by atoms with Crippen LogP contribution in [0.4, 0.5) is 0 Å². The summed E-state index contributed by atoms with van der Waals surface area (Å²) >= 11 is 4.93. The maximum atomic E-state index is 4.28. The van der Waals surface area contributed by atoms with E-state index in [9.17, 15) is 0 Å². The van der Waals surface area contributed by atoms with Crippen molar-refractivity contribution in [3.05, 3.63) is 33.8 Å². The van der Waals surface area contributed by atoms with Crippen molar-refractivity contribution in [1.29, 1.82) is 0 Å². The first kappa shape index (κ1) is 7.89. The van der Waals surface area contributed by atoms with Crippen molar-refractivity contribution in [2.24, 2.45) is 0 Å². The van der Waals surface area contributed by atoms with E-state index in [0.717, 1.165) is 15.9 Å². The van der Waals surface area contributed by atoms with Crippen LogP contribution in [0.15, 0.2) is 33.8 Å². The zero-order chi connectivity index (χ0) is 8.39. The summed E-state index contributed by atoms with van der Waals surface area (Å²) in [5.74, 6) is 0. The van der Waals surface area contributed by atoms with Gasteiger partial charge in [-0.05, 0) is 27.4 Å². The number of hydrogen-bond donors (Lipinski definition) is 0. The van der Waals surface area contributed by atoms with Gasteiger partial charge in [0.15, 0.2) is 0 Å². The van der Waals surface area contributed by atoms with Gasteiger partial charge in [0.1, 0.15) is 4.60 Å². The van der Waals surface area contributed by atoms with Gasteiger partial charge in [0.2, 0.25) is 0 Å². The predicted molar refractivity (Wildman–Crippen MR) is 53.0 cm³/mol. The van der Waals surface area contributed by atoms with Crippen LogP contribution in [0.2, 0.25) is 0 Å². The number of hydrogen-bond acceptors (Lipinski definition) is 3. The van der Waals surface area contributed by atoms with Crippen LogP contribution in [-0.2, 0) is 0 Å². The molecule has 0 saturated heterocycles. The van der Waals surface area contributed by atoms with Gasteiger partial charge in [0, 0.05) is 10.9 Å². The van der Waals surface area contributed by atoms with Gasteiger partial charge in [-0.25, -0.2) is 4.98 Å². The summed E-state index contributed by atoms with van der Waals surface area (Å²) in [4.78, 5) is 8.31. The highest BCUT2D eigenvalue weighted by Gasteiger charge is 1.99. The molecule has 0 saturated carbocycles. The average Bonchev–Trinajstić information content (AvgIpc) is 2.56. The molecule has 0 aromatic carbocycles. The van der Waals surface area contributed by atoms with E-state index in [1.54, 1.807) is 23.7 Å². The molecule has 2 heterocycles. The van der Waals surface area contributed by atoms with Gasteiger partial charge < -0.3 is 0 Å². The Morgan fingerprint density at radius 3 is 2.92 bits per heavy atom. The summed E-state index contributed by atoms with van der Waals surface area (Å²) < 4.78 is 0.770. The highest BCUT2D eigenvalue weighted by atomic mass is 79.9. The Labute approximate surface area is 82.4 Å². The molecule has 0 aliphatic rings. The third-order valence-corrected chi connectivity index (χ3v) is 2.49. The average molecular weight is 241 g/mol. The smallest absolute Gasteiger partial charge is 0.125 e. The second-order valence-electron chi connectivity index (χ2n) is 2.24. The second kappa shape index (κ2) is 3.33. The fourth-order valence-electron chi connectivity index (χ4n) is 0.891. The normalized spacial score (nSPS) is 10.1. The van der Waals surface area contributed by atoms with Crippen molar-refractivity contribution in [3.63, 3.8) is 0 Å². The molecular formula is C8H5BrN2S. The molecular weight excluding hydrogens is 236 g/mol. The molecule has 0 bridgehead atoms. The van der Waals surface area contributed by atoms with Gasteiger partial charge in [-0.2, -0.15) is 11.3 Å². The number of halogens is 1. The minimum Gasteiger partial charge on any atom is -0.260 e. The van der Waals surface area contributed by atoms with Gasteiger partial charge in [-0.15, -0.1) is 0 Å². The Bertz CT molecular complexity index is 372. The molecule has 0 radical (unpaired) electrons. The standard InChI is InChI=1S/C8H5BrN2S/c9-8-4-10-3-7(11-8)6-1-2-12-5-6/h1-5H. The zero-order valence-electron chi connectivity index (χ0n) is 6.07. The molecule has 0 N–H and O–H groups in total. The molecule has 0 aliphatic carbocycles. The maximum absolute atomic E-state index is 4.28. The summed E-state index contributed by atoms with van der Waals surface area (Å²) in [5.41, 5.74) is 2.03. The molecule has 2 aromatic rings. The fraction of sp³-hybridized carbons (Fsp3) is 0. The molecule has 2 aromatic heterocycles. The monoisotopic (exact) mass is 240 g/mol. The molecule has 0 spiro atoms. The Balaban J connectivity index is 2.48. The second-order valence-corrected chi connectivity index (χ2v) is 3.83. The molecule has 0 fully saturated rings. The number of aromatic nitrogens is 2. The molecule has 2 rings (SSSR count). The van der Waals surface area contributed by atoms with Crippen molar-refractivity contribution < 1.29 is 0 Å². The van der Waals surface area contributed by atoms with Crippen LogP contribution >= 0.6 is 27.3 Å². The van der Waals surface area contributed by atoms with Crippen molar-refractivity contribution in [2.45, 2.75) is 0 Å². The topological polar surface area (TPSA) is 25.8 Å². The lowest BCUT2D eigenvalue weighted by atomic mass is 10.3. The Morgan fingerprint density at radius 2 is 2.25 bits per heavy atom. The Kier molecular flexibility index (Phi) is 2.19. The first-order valence-corrected chi connectivity index (χ1v) is 5.10. The van der Waals surface area contributed by atoms with Crippen molar-refractivity contribution in [2.75, 3.05) is 0 Å². The first-order chi connectivity index (χ1) is 5.86. The lowest BCUT2D eigenvalue weighted by Crippen LogP contribution is -1.83. The molecule has 60 valence electrons. The van der Waals surface area contributed by atoms with Crippen LogP contribution in [0.5, 0.6) is 0 Å². The first-order valence-electron chi connectivity index (χ1n) is 3.36. The number of nitrogens with zero attached hydrogens (tertiary/aromatic N) is 2. The third kappa shape index (κ3) is 1.54. The summed E-state index contributed by atoms with van der Waals surface area (Å²) in [6.45, 7) is 0. The number of rotatable bonds is 1. The van der Waals surface area contributed by atoms with Crippen LogP contribution in [0.3, 0.4) is 0 Å². The van der Waals surface area contributed by atoms with Crippen molar-refractivity contribution in [1.82, 2.24) is 9.97 Å². The Morgan fingerprint density at radius 1 is 1.33 bits per heavy atom. The van der Waals surface area contributed by atoms with Gasteiger partial charge in [-0.3, -0.25) is 4.98 Å². The lowest BCUT2D eigenvalue weighted by molar-refractivity contribution is 1.17. The highest BCUT2D eigenvalue weighted by molar-refractivity contribution is 9.10. The van der Waals surface area contributed by atoms with Crippen LogP contribution in [0, 0.1) is 0 Å². The van der Waals surface area contributed by atoms with Gasteiger partial charge in [-0.1, -0.05) is 0 Å². The largest absolute Gasteiger partial charge is 0.260 e. The highest BCUT2D eigenvalue weighted by Crippen LogP contribution is 2.20.